The van der Waals surface area contributed by atoms with Crippen LogP contribution in [0, 0.1) is 5.92 Å². The van der Waals surface area contributed by atoms with Crippen molar-refractivity contribution < 1.29 is 22.7 Å². The highest BCUT2D eigenvalue weighted by Gasteiger charge is 2.23. The van der Waals surface area contributed by atoms with E-state index in [1.807, 2.05) is 43.3 Å². The Morgan fingerprint density at radius 3 is 2.54 bits per heavy atom. The Hall–Kier alpha value is -2.78. The topological polar surface area (TPSA) is 97.0 Å². The van der Waals surface area contributed by atoms with Crippen molar-refractivity contribution >= 4 is 21.6 Å². The molecule has 0 radical (unpaired) electrons. The molecule has 8 nitrogen and oxygen atoms in total. The van der Waals surface area contributed by atoms with Crippen LogP contribution in [0.2, 0.25) is 0 Å². The van der Waals surface area contributed by atoms with Crippen molar-refractivity contribution in [3.63, 3.8) is 0 Å². The maximum absolute atomic E-state index is 12.7. The molecule has 2 aromatic carbocycles. The molecule has 2 N–H and O–H groups in total. The minimum Gasteiger partial charge on any atom is -0.486 e. The third kappa shape index (κ3) is 7.11. The first-order chi connectivity index (χ1) is 16.9. The molecule has 2 heterocycles. The number of para-hydroxylation sites is 1. The molecule has 0 unspecified atom stereocenters. The number of nitrogens with one attached hydrogen (secondary N) is 2. The van der Waals surface area contributed by atoms with Gasteiger partial charge in [0.1, 0.15) is 13.2 Å². The zero-order chi connectivity index (χ0) is 24.7. The van der Waals surface area contributed by atoms with E-state index >= 15 is 0 Å². The summed E-state index contributed by atoms with van der Waals surface area (Å²) < 4.78 is 38.0. The number of nitrogens with zero attached hydrogens (tertiary/aromatic N) is 1. The largest absolute Gasteiger partial charge is 0.486 e. The van der Waals surface area contributed by atoms with Gasteiger partial charge < -0.3 is 14.8 Å². The average Bonchev–Trinajstić information content (AvgIpc) is 2.87. The Morgan fingerprint density at radius 2 is 1.80 bits per heavy atom. The molecule has 1 fully saturated rings. The van der Waals surface area contributed by atoms with Gasteiger partial charge >= 0.3 is 0 Å². The third-order valence-electron chi connectivity index (χ3n) is 6.47. The van der Waals surface area contributed by atoms with Crippen molar-refractivity contribution in [3.05, 3.63) is 53.6 Å². The first kappa shape index (κ1) is 25.3. The van der Waals surface area contributed by atoms with Gasteiger partial charge in [-0.15, -0.1) is 0 Å². The van der Waals surface area contributed by atoms with E-state index in [-0.39, 0.29) is 11.7 Å². The SMILES string of the molecule is CCCCS(=O)(=O)Nc1ccc(CN2CCC(CNC(=O)c3cccc4c3OCCO4)CC2)cc1. The number of hydrogen-bond donors (Lipinski definition) is 2. The number of unbranched alkanes of at least 4 members (excludes halogenated alkanes) is 1. The van der Waals surface area contributed by atoms with Gasteiger partial charge in [-0.05, 0) is 68.1 Å². The second kappa shape index (κ2) is 11.8. The van der Waals surface area contributed by atoms with Crippen LogP contribution in [-0.2, 0) is 16.6 Å². The molecule has 35 heavy (non-hydrogen) atoms. The van der Waals surface area contributed by atoms with E-state index < -0.39 is 10.0 Å². The lowest BCUT2D eigenvalue weighted by Crippen LogP contribution is -2.38. The lowest BCUT2D eigenvalue weighted by Gasteiger charge is -2.32. The summed E-state index contributed by atoms with van der Waals surface area (Å²) >= 11 is 0. The smallest absolute Gasteiger partial charge is 0.255 e. The van der Waals surface area contributed by atoms with Crippen LogP contribution in [0.5, 0.6) is 11.5 Å². The fourth-order valence-corrected chi connectivity index (χ4v) is 5.70. The van der Waals surface area contributed by atoms with Gasteiger partial charge in [-0.3, -0.25) is 14.4 Å². The molecule has 0 spiro atoms. The average molecular weight is 502 g/mol. The van der Waals surface area contributed by atoms with Gasteiger partial charge in [-0.1, -0.05) is 31.5 Å². The van der Waals surface area contributed by atoms with Crippen LogP contribution < -0.4 is 19.5 Å². The maximum atomic E-state index is 12.7. The number of carbonyl (C=O) groups is 1. The van der Waals surface area contributed by atoms with E-state index in [0.717, 1.165) is 44.5 Å². The zero-order valence-electron chi connectivity index (χ0n) is 20.3. The molecule has 190 valence electrons. The van der Waals surface area contributed by atoms with E-state index in [1.54, 1.807) is 6.07 Å². The van der Waals surface area contributed by atoms with Gasteiger partial charge in [0.15, 0.2) is 11.5 Å². The van der Waals surface area contributed by atoms with Gasteiger partial charge in [-0.2, -0.15) is 0 Å². The number of sulfonamides is 1. The highest BCUT2D eigenvalue weighted by atomic mass is 32.2. The molecule has 0 aliphatic carbocycles. The molecule has 2 aliphatic heterocycles. The lowest BCUT2D eigenvalue weighted by molar-refractivity contribution is 0.0924. The molecule has 0 saturated carbocycles. The van der Waals surface area contributed by atoms with Crippen molar-refractivity contribution in [1.82, 2.24) is 10.2 Å². The zero-order valence-corrected chi connectivity index (χ0v) is 21.1. The number of piperidine rings is 1. The van der Waals surface area contributed by atoms with Crippen molar-refractivity contribution in [3.8, 4) is 11.5 Å². The Balaban J connectivity index is 1.21. The number of ether oxygens (including phenoxy) is 2. The molecule has 1 amide bonds. The minimum absolute atomic E-state index is 0.125. The van der Waals surface area contributed by atoms with Crippen LogP contribution in [0.15, 0.2) is 42.5 Å². The molecular weight excluding hydrogens is 466 g/mol. The molecule has 0 atom stereocenters. The number of likely N-dealkylation sites (tertiary alicyclic amines) is 1. The molecule has 2 aromatic rings. The van der Waals surface area contributed by atoms with E-state index in [2.05, 4.69) is 14.9 Å². The van der Waals surface area contributed by atoms with Gasteiger partial charge in [0.25, 0.3) is 5.91 Å². The van der Waals surface area contributed by atoms with E-state index in [9.17, 15) is 13.2 Å². The minimum atomic E-state index is -3.28. The molecular formula is C26H35N3O5S. The Morgan fingerprint density at radius 1 is 1.06 bits per heavy atom. The summed E-state index contributed by atoms with van der Waals surface area (Å²) in [5, 5.41) is 3.07. The second-order valence-electron chi connectivity index (χ2n) is 9.23. The van der Waals surface area contributed by atoms with Crippen molar-refractivity contribution in [2.45, 2.75) is 39.2 Å². The third-order valence-corrected chi connectivity index (χ3v) is 7.84. The Kier molecular flexibility index (Phi) is 8.51. The quantitative estimate of drug-likeness (QED) is 0.516. The monoisotopic (exact) mass is 501 g/mol. The first-order valence-corrected chi connectivity index (χ1v) is 14.1. The number of benzene rings is 2. The summed E-state index contributed by atoms with van der Waals surface area (Å²) in [5.74, 6) is 1.62. The van der Waals surface area contributed by atoms with Gasteiger partial charge in [0, 0.05) is 18.8 Å². The lowest BCUT2D eigenvalue weighted by atomic mass is 9.96. The highest BCUT2D eigenvalue weighted by Crippen LogP contribution is 2.33. The Labute approximate surface area is 208 Å². The van der Waals surface area contributed by atoms with Crippen LogP contribution in [-0.4, -0.2) is 57.8 Å². The molecule has 9 heteroatoms. The number of amides is 1. The highest BCUT2D eigenvalue weighted by molar-refractivity contribution is 7.92. The van der Waals surface area contributed by atoms with Crippen molar-refractivity contribution in [1.29, 1.82) is 0 Å². The van der Waals surface area contributed by atoms with Crippen molar-refractivity contribution in [2.24, 2.45) is 5.92 Å². The summed E-state index contributed by atoms with van der Waals surface area (Å²) in [4.78, 5) is 15.1. The number of carbonyl (C=O) groups excluding carboxylic acids is 1. The predicted octanol–water partition coefficient (Wildman–Crippen LogP) is 3.64. The van der Waals surface area contributed by atoms with E-state index in [4.69, 9.17) is 9.47 Å². The fourth-order valence-electron chi connectivity index (χ4n) is 4.43. The Bertz CT molecular complexity index is 1100. The van der Waals surface area contributed by atoms with E-state index in [0.29, 0.717) is 54.8 Å². The van der Waals surface area contributed by atoms with Crippen LogP contribution in [0.4, 0.5) is 5.69 Å². The normalized spacial score (nSPS) is 16.6. The molecule has 1 saturated heterocycles. The van der Waals surface area contributed by atoms with Crippen LogP contribution in [0.1, 0.15) is 48.5 Å². The summed E-state index contributed by atoms with van der Waals surface area (Å²) in [7, 11) is -3.28. The fraction of sp³-hybridized carbons (Fsp3) is 0.500. The second-order valence-corrected chi connectivity index (χ2v) is 11.1. The van der Waals surface area contributed by atoms with Crippen LogP contribution >= 0.6 is 0 Å². The van der Waals surface area contributed by atoms with Crippen molar-refractivity contribution in [2.75, 3.05) is 43.3 Å². The number of fused-ring (bicyclic) bond motifs is 1. The first-order valence-electron chi connectivity index (χ1n) is 12.4. The van der Waals surface area contributed by atoms with Gasteiger partial charge in [0.05, 0.1) is 11.3 Å². The van der Waals surface area contributed by atoms with Gasteiger partial charge in [0.2, 0.25) is 10.0 Å². The number of rotatable bonds is 10. The summed E-state index contributed by atoms with van der Waals surface area (Å²) in [6, 6.07) is 13.0. The number of hydrogen-bond acceptors (Lipinski definition) is 6. The van der Waals surface area contributed by atoms with Crippen LogP contribution in [0.25, 0.3) is 0 Å². The summed E-state index contributed by atoms with van der Waals surface area (Å²) in [6.45, 7) is 6.32. The molecule has 4 rings (SSSR count). The maximum Gasteiger partial charge on any atom is 0.255 e. The molecule has 0 bridgehead atoms. The van der Waals surface area contributed by atoms with Crippen LogP contribution in [0.3, 0.4) is 0 Å². The summed E-state index contributed by atoms with van der Waals surface area (Å²) in [6.07, 6.45) is 3.54. The van der Waals surface area contributed by atoms with Gasteiger partial charge in [-0.25, -0.2) is 8.42 Å². The standard InChI is InChI=1S/C26H35N3O5S/c1-2-3-17-35(31,32)28-22-9-7-21(8-10-22)19-29-13-11-20(12-14-29)18-27-26(30)23-5-4-6-24-25(23)34-16-15-33-24/h4-10,20,28H,2-3,11-19H2,1H3,(H,27,30). The molecule has 2 aliphatic rings. The summed E-state index contributed by atoms with van der Waals surface area (Å²) in [5.41, 5.74) is 2.29. The predicted molar refractivity (Wildman–Crippen MR) is 137 cm³/mol. The molecule has 0 aromatic heterocycles. The van der Waals surface area contributed by atoms with E-state index in [1.165, 1.54) is 0 Å². The number of anilines is 1.